The van der Waals surface area contributed by atoms with Gasteiger partial charge in [0.2, 0.25) is 17.6 Å². The number of primary amides is 1. The van der Waals surface area contributed by atoms with Crippen LogP contribution in [0.1, 0.15) is 80.1 Å². The second-order valence-electron chi connectivity index (χ2n) is 12.0. The molecule has 2 aliphatic rings. The Morgan fingerprint density at radius 1 is 0.909 bits per heavy atom. The number of esters is 1. The Morgan fingerprint density at radius 2 is 1.45 bits per heavy atom. The SMILES string of the molecule is CCC.CCOC(=O)CNC(=O)NC(C(=O)N1CCCC1C(=O)NC(CC1CC1)C(=O)C(N)=O)C(C)(C)C.c1ccccc1. The molecule has 5 N–H and O–H groups in total. The molecule has 2 fully saturated rings. The van der Waals surface area contributed by atoms with E-state index in [2.05, 4.69) is 29.8 Å². The van der Waals surface area contributed by atoms with Crippen molar-refractivity contribution in [2.75, 3.05) is 19.7 Å². The number of ketones is 1. The lowest BCUT2D eigenvalue weighted by atomic mass is 9.85. The monoisotopic (exact) mass is 617 g/mol. The summed E-state index contributed by atoms with van der Waals surface area (Å²) in [6.07, 6.45) is 4.37. The number of nitrogens with zero attached hydrogens (tertiary/aromatic N) is 1. The first-order valence-corrected chi connectivity index (χ1v) is 15.4. The maximum absolute atomic E-state index is 13.5. The fraction of sp³-hybridized carbons (Fsp3) is 0.625. The lowest BCUT2D eigenvalue weighted by Gasteiger charge is -2.35. The second-order valence-corrected chi connectivity index (χ2v) is 12.0. The van der Waals surface area contributed by atoms with E-state index in [9.17, 15) is 28.8 Å². The van der Waals surface area contributed by atoms with Crippen LogP contribution in [0.3, 0.4) is 0 Å². The van der Waals surface area contributed by atoms with E-state index in [1.807, 2.05) is 36.4 Å². The smallest absolute Gasteiger partial charge is 0.325 e. The molecule has 1 aromatic rings. The molecule has 3 rings (SSSR count). The number of urea groups is 1. The highest BCUT2D eigenvalue weighted by Crippen LogP contribution is 2.34. The molecule has 12 heteroatoms. The van der Waals surface area contributed by atoms with E-state index in [0.29, 0.717) is 25.8 Å². The van der Waals surface area contributed by atoms with Gasteiger partial charge in [-0.1, -0.05) is 90.3 Å². The molecular formula is C32H51N5O7. The molecular weight excluding hydrogens is 566 g/mol. The van der Waals surface area contributed by atoms with E-state index in [0.717, 1.165) is 12.8 Å². The first-order valence-electron chi connectivity index (χ1n) is 15.4. The van der Waals surface area contributed by atoms with Gasteiger partial charge in [-0.2, -0.15) is 0 Å². The third-order valence-electron chi connectivity index (χ3n) is 6.73. The average molecular weight is 618 g/mol. The lowest BCUT2D eigenvalue weighted by molar-refractivity contribution is -0.143. The molecule has 0 aromatic heterocycles. The number of carbonyl (C=O) groups is 6. The van der Waals surface area contributed by atoms with Crippen molar-refractivity contribution in [2.45, 2.75) is 98.2 Å². The lowest BCUT2D eigenvalue weighted by Crippen LogP contribution is -2.60. The van der Waals surface area contributed by atoms with Gasteiger partial charge in [0.1, 0.15) is 18.6 Å². The van der Waals surface area contributed by atoms with Crippen LogP contribution in [-0.4, -0.2) is 78.2 Å². The molecule has 1 aliphatic heterocycles. The van der Waals surface area contributed by atoms with Crippen LogP contribution in [0.4, 0.5) is 4.79 Å². The van der Waals surface area contributed by atoms with Crippen molar-refractivity contribution in [1.82, 2.24) is 20.9 Å². The number of rotatable bonds is 11. The zero-order valence-electron chi connectivity index (χ0n) is 27.0. The third-order valence-corrected chi connectivity index (χ3v) is 6.73. The summed E-state index contributed by atoms with van der Waals surface area (Å²) in [5.74, 6) is -3.30. The standard InChI is InChI=1S/C23H37N5O7.C6H6.C3H8/c1-5-35-16(29)12-25-22(34)27-18(23(2,3)4)21(33)28-10-6-7-15(28)20(32)26-14(11-13-8-9-13)17(30)19(24)31;1-2-4-6-5-3-1;1-3-2/h13-15,18H,5-12H2,1-4H3,(H2,24,31)(H,26,32)(H2,25,27,34);1-6H;3H2,1-2H3. The number of nitrogens with one attached hydrogen (secondary N) is 3. The Balaban J connectivity index is 0.000000925. The minimum absolute atomic E-state index is 0.177. The van der Waals surface area contributed by atoms with Gasteiger partial charge in [0.05, 0.1) is 12.6 Å². The van der Waals surface area contributed by atoms with Gasteiger partial charge in [-0.15, -0.1) is 0 Å². The highest BCUT2D eigenvalue weighted by atomic mass is 16.5. The molecule has 0 spiro atoms. The van der Waals surface area contributed by atoms with Crippen LogP contribution in [0.25, 0.3) is 0 Å². The van der Waals surface area contributed by atoms with Gasteiger partial charge in [-0.3, -0.25) is 24.0 Å². The molecule has 1 saturated heterocycles. The largest absolute Gasteiger partial charge is 0.465 e. The minimum Gasteiger partial charge on any atom is -0.465 e. The van der Waals surface area contributed by atoms with Crippen LogP contribution in [0.2, 0.25) is 0 Å². The summed E-state index contributed by atoms with van der Waals surface area (Å²) in [5, 5.41) is 7.59. The van der Waals surface area contributed by atoms with Gasteiger partial charge >= 0.3 is 12.0 Å². The van der Waals surface area contributed by atoms with Crippen molar-refractivity contribution in [3.05, 3.63) is 36.4 Å². The van der Waals surface area contributed by atoms with Gasteiger partial charge in [-0.25, -0.2) is 4.79 Å². The van der Waals surface area contributed by atoms with Crippen LogP contribution in [0, 0.1) is 11.3 Å². The number of likely N-dealkylation sites (tertiary alicyclic amines) is 1. The van der Waals surface area contributed by atoms with Crippen molar-refractivity contribution in [1.29, 1.82) is 0 Å². The zero-order valence-corrected chi connectivity index (χ0v) is 27.0. The number of ether oxygens (including phenoxy) is 1. The maximum Gasteiger partial charge on any atom is 0.325 e. The topological polar surface area (TPSA) is 177 Å². The van der Waals surface area contributed by atoms with Crippen LogP contribution in [0.5, 0.6) is 0 Å². The number of nitrogens with two attached hydrogens (primary N) is 1. The molecule has 1 saturated carbocycles. The van der Waals surface area contributed by atoms with Gasteiger partial charge in [0, 0.05) is 6.54 Å². The van der Waals surface area contributed by atoms with Crippen LogP contribution in [-0.2, 0) is 28.7 Å². The molecule has 1 heterocycles. The Hall–Kier alpha value is -3.96. The second kappa shape index (κ2) is 19.3. The fourth-order valence-corrected chi connectivity index (χ4v) is 4.41. The van der Waals surface area contributed by atoms with E-state index >= 15 is 0 Å². The summed E-state index contributed by atoms with van der Waals surface area (Å²) in [6, 6.07) is 8.42. The predicted molar refractivity (Wildman–Crippen MR) is 167 cm³/mol. The van der Waals surface area contributed by atoms with E-state index in [1.54, 1.807) is 27.7 Å². The van der Waals surface area contributed by atoms with Gasteiger partial charge in [0.15, 0.2) is 0 Å². The normalized spacial score (nSPS) is 16.9. The number of amides is 5. The van der Waals surface area contributed by atoms with Crippen LogP contribution in [0.15, 0.2) is 36.4 Å². The van der Waals surface area contributed by atoms with E-state index in [-0.39, 0.29) is 19.1 Å². The number of hydrogen-bond donors (Lipinski definition) is 4. The number of benzene rings is 1. The van der Waals surface area contributed by atoms with Crippen molar-refractivity contribution in [3.63, 3.8) is 0 Å². The van der Waals surface area contributed by atoms with E-state index in [1.165, 1.54) is 11.3 Å². The summed E-state index contributed by atoms with van der Waals surface area (Å²) in [4.78, 5) is 75.5. The van der Waals surface area contributed by atoms with Crippen molar-refractivity contribution in [3.8, 4) is 0 Å². The molecule has 44 heavy (non-hydrogen) atoms. The molecule has 3 unspecified atom stereocenters. The number of hydrogen-bond acceptors (Lipinski definition) is 7. The third kappa shape index (κ3) is 14.0. The molecule has 12 nitrogen and oxygen atoms in total. The Bertz CT molecular complexity index is 1060. The molecule has 1 aromatic carbocycles. The van der Waals surface area contributed by atoms with Crippen LogP contribution < -0.4 is 21.7 Å². The Morgan fingerprint density at radius 3 is 1.91 bits per heavy atom. The highest BCUT2D eigenvalue weighted by Gasteiger charge is 2.43. The van der Waals surface area contributed by atoms with Crippen molar-refractivity contribution >= 4 is 35.5 Å². The highest BCUT2D eigenvalue weighted by molar-refractivity contribution is 6.37. The summed E-state index contributed by atoms with van der Waals surface area (Å²) in [5.41, 5.74) is 4.44. The van der Waals surface area contributed by atoms with Crippen LogP contribution >= 0.6 is 0 Å². The Labute approximate surface area is 261 Å². The molecule has 3 atom stereocenters. The number of carbonyl (C=O) groups excluding carboxylic acids is 6. The quantitative estimate of drug-likeness (QED) is 0.218. The van der Waals surface area contributed by atoms with E-state index in [4.69, 9.17) is 10.5 Å². The molecule has 5 amide bonds. The maximum atomic E-state index is 13.5. The first-order chi connectivity index (χ1) is 20.8. The Kier molecular flexibility index (Phi) is 16.7. The fourth-order valence-electron chi connectivity index (χ4n) is 4.41. The zero-order chi connectivity index (χ0) is 33.3. The van der Waals surface area contributed by atoms with Gasteiger partial charge in [-0.05, 0) is 37.5 Å². The van der Waals surface area contributed by atoms with E-state index < -0.39 is 59.0 Å². The van der Waals surface area contributed by atoms with Crippen molar-refractivity contribution < 1.29 is 33.5 Å². The molecule has 246 valence electrons. The average Bonchev–Trinajstić information content (AvgIpc) is 3.65. The summed E-state index contributed by atoms with van der Waals surface area (Å²) >= 11 is 0. The predicted octanol–water partition coefficient (Wildman–Crippen LogP) is 2.70. The minimum atomic E-state index is -1.11. The molecule has 0 bridgehead atoms. The summed E-state index contributed by atoms with van der Waals surface area (Å²) in [7, 11) is 0. The molecule has 1 aliphatic carbocycles. The molecule has 0 radical (unpaired) electrons. The van der Waals surface area contributed by atoms with Crippen molar-refractivity contribution in [2.24, 2.45) is 17.1 Å². The summed E-state index contributed by atoms with van der Waals surface area (Å²) in [6.45, 7) is 11.3. The van der Waals surface area contributed by atoms with Gasteiger partial charge in [0.25, 0.3) is 5.91 Å². The number of Topliss-reactive ketones (excluding diaryl/α,β-unsaturated/α-hetero) is 1. The first kappa shape index (κ1) is 38.1. The van der Waals surface area contributed by atoms with Gasteiger partial charge < -0.3 is 31.3 Å². The summed E-state index contributed by atoms with van der Waals surface area (Å²) < 4.78 is 4.77.